The van der Waals surface area contributed by atoms with E-state index in [1.165, 1.54) is 5.01 Å². The van der Waals surface area contributed by atoms with E-state index in [4.69, 9.17) is 0 Å². The fourth-order valence-electron chi connectivity index (χ4n) is 1.92. The molecule has 5 nitrogen and oxygen atoms in total. The SMILES string of the molecule is CC1=NN(C)C(=O)C1=Nc1ccc(N(C)C)cc1C. The van der Waals surface area contributed by atoms with E-state index < -0.39 is 0 Å². The number of hydrogen-bond acceptors (Lipinski definition) is 4. The Bertz CT molecular complexity index is 587. The summed E-state index contributed by atoms with van der Waals surface area (Å²) in [6.07, 6.45) is 0. The molecule has 19 heavy (non-hydrogen) atoms. The van der Waals surface area contributed by atoms with Crippen LogP contribution in [0.3, 0.4) is 0 Å². The van der Waals surface area contributed by atoms with Crippen LogP contribution < -0.4 is 4.90 Å². The molecule has 0 atom stereocenters. The lowest BCUT2D eigenvalue weighted by Crippen LogP contribution is -2.23. The van der Waals surface area contributed by atoms with Gasteiger partial charge in [-0.05, 0) is 37.6 Å². The third-order valence-corrected chi connectivity index (χ3v) is 3.07. The Kier molecular flexibility index (Phi) is 3.38. The van der Waals surface area contributed by atoms with E-state index in [1.54, 1.807) is 14.0 Å². The van der Waals surface area contributed by atoms with Crippen LogP contribution in [0.5, 0.6) is 0 Å². The summed E-state index contributed by atoms with van der Waals surface area (Å²) in [5.74, 6) is -0.159. The van der Waals surface area contributed by atoms with Gasteiger partial charge < -0.3 is 4.90 Å². The van der Waals surface area contributed by atoms with Gasteiger partial charge in [0, 0.05) is 26.8 Å². The van der Waals surface area contributed by atoms with Gasteiger partial charge in [0.25, 0.3) is 5.91 Å². The maximum Gasteiger partial charge on any atom is 0.294 e. The smallest absolute Gasteiger partial charge is 0.294 e. The van der Waals surface area contributed by atoms with Crippen LogP contribution in [0.25, 0.3) is 0 Å². The number of aliphatic imine (C=N–C) groups is 1. The van der Waals surface area contributed by atoms with Crippen molar-refractivity contribution < 1.29 is 4.79 Å². The maximum absolute atomic E-state index is 11.9. The van der Waals surface area contributed by atoms with Gasteiger partial charge in [0.2, 0.25) is 0 Å². The van der Waals surface area contributed by atoms with Crippen molar-refractivity contribution in [2.24, 2.45) is 10.1 Å². The Morgan fingerprint density at radius 1 is 1.26 bits per heavy atom. The molecule has 0 aliphatic carbocycles. The van der Waals surface area contributed by atoms with Crippen LogP contribution in [-0.2, 0) is 4.79 Å². The van der Waals surface area contributed by atoms with Crippen LogP contribution in [0.1, 0.15) is 12.5 Å². The maximum atomic E-state index is 11.9. The summed E-state index contributed by atoms with van der Waals surface area (Å²) < 4.78 is 0. The van der Waals surface area contributed by atoms with E-state index in [-0.39, 0.29) is 5.91 Å². The molecular formula is C14H18N4O. The van der Waals surface area contributed by atoms with Gasteiger partial charge in [0.05, 0.1) is 11.4 Å². The normalized spacial score (nSPS) is 17.1. The summed E-state index contributed by atoms with van der Waals surface area (Å²) in [6, 6.07) is 5.97. The summed E-state index contributed by atoms with van der Waals surface area (Å²) >= 11 is 0. The van der Waals surface area contributed by atoms with Gasteiger partial charge in [0.1, 0.15) is 0 Å². The van der Waals surface area contributed by atoms with Gasteiger partial charge >= 0.3 is 0 Å². The number of carbonyl (C=O) groups excluding carboxylic acids is 1. The molecule has 0 saturated carbocycles. The van der Waals surface area contributed by atoms with Gasteiger partial charge in [-0.15, -0.1) is 0 Å². The first-order valence-corrected chi connectivity index (χ1v) is 6.10. The zero-order valence-corrected chi connectivity index (χ0v) is 11.9. The molecule has 0 fully saturated rings. The number of aryl methyl sites for hydroxylation is 1. The fraction of sp³-hybridized carbons (Fsp3) is 0.357. The van der Waals surface area contributed by atoms with E-state index in [1.807, 2.05) is 38.1 Å². The predicted octanol–water partition coefficient (Wildman–Crippen LogP) is 1.98. The highest BCUT2D eigenvalue weighted by atomic mass is 16.2. The molecule has 0 N–H and O–H groups in total. The molecule has 0 bridgehead atoms. The van der Waals surface area contributed by atoms with Crippen LogP contribution in [-0.4, -0.2) is 43.5 Å². The Morgan fingerprint density at radius 3 is 2.42 bits per heavy atom. The highest BCUT2D eigenvalue weighted by Gasteiger charge is 2.26. The fourth-order valence-corrected chi connectivity index (χ4v) is 1.92. The summed E-state index contributed by atoms with van der Waals surface area (Å²) in [5.41, 5.74) is 4.03. The number of anilines is 1. The second-order valence-corrected chi connectivity index (χ2v) is 4.84. The molecule has 0 spiro atoms. The van der Waals surface area contributed by atoms with Crippen LogP contribution >= 0.6 is 0 Å². The third-order valence-electron chi connectivity index (χ3n) is 3.07. The van der Waals surface area contributed by atoms with Crippen molar-refractivity contribution in [3.8, 4) is 0 Å². The number of benzene rings is 1. The lowest BCUT2D eigenvalue weighted by atomic mass is 10.1. The van der Waals surface area contributed by atoms with Crippen molar-refractivity contribution in [1.29, 1.82) is 0 Å². The molecule has 0 radical (unpaired) electrons. The van der Waals surface area contributed by atoms with E-state index in [0.717, 1.165) is 16.9 Å². The van der Waals surface area contributed by atoms with Crippen molar-refractivity contribution in [3.63, 3.8) is 0 Å². The van der Waals surface area contributed by atoms with E-state index >= 15 is 0 Å². The first-order valence-electron chi connectivity index (χ1n) is 6.10. The monoisotopic (exact) mass is 258 g/mol. The van der Waals surface area contributed by atoms with Crippen LogP contribution in [0, 0.1) is 6.92 Å². The van der Waals surface area contributed by atoms with Crippen molar-refractivity contribution in [2.45, 2.75) is 13.8 Å². The minimum atomic E-state index is -0.159. The second kappa shape index (κ2) is 4.84. The van der Waals surface area contributed by atoms with Gasteiger partial charge in [-0.25, -0.2) is 10.0 Å². The van der Waals surface area contributed by atoms with Crippen LogP contribution in [0.2, 0.25) is 0 Å². The van der Waals surface area contributed by atoms with Crippen molar-refractivity contribution in [3.05, 3.63) is 23.8 Å². The summed E-state index contributed by atoms with van der Waals surface area (Å²) in [6.45, 7) is 3.78. The number of hydrogen-bond donors (Lipinski definition) is 0. The number of carbonyl (C=O) groups is 1. The van der Waals surface area contributed by atoms with Gasteiger partial charge in [0.15, 0.2) is 5.71 Å². The molecule has 0 aromatic heterocycles. The highest BCUT2D eigenvalue weighted by Crippen LogP contribution is 2.24. The predicted molar refractivity (Wildman–Crippen MR) is 78.5 cm³/mol. The quantitative estimate of drug-likeness (QED) is 0.814. The Balaban J connectivity index is 2.39. The molecule has 1 amide bonds. The molecule has 1 aliphatic heterocycles. The van der Waals surface area contributed by atoms with Crippen molar-refractivity contribution >= 4 is 28.7 Å². The van der Waals surface area contributed by atoms with Crippen molar-refractivity contribution in [2.75, 3.05) is 26.0 Å². The number of hydrazone groups is 1. The molecular weight excluding hydrogens is 240 g/mol. The number of amides is 1. The highest BCUT2D eigenvalue weighted by molar-refractivity contribution is 6.68. The van der Waals surface area contributed by atoms with Crippen LogP contribution in [0.4, 0.5) is 11.4 Å². The molecule has 1 aromatic carbocycles. The number of nitrogens with zero attached hydrogens (tertiary/aromatic N) is 4. The molecule has 2 rings (SSSR count). The molecule has 100 valence electrons. The zero-order valence-electron chi connectivity index (χ0n) is 11.9. The lowest BCUT2D eigenvalue weighted by molar-refractivity contribution is -0.122. The van der Waals surface area contributed by atoms with E-state index in [0.29, 0.717) is 11.4 Å². The summed E-state index contributed by atoms with van der Waals surface area (Å²) in [7, 11) is 5.62. The minimum absolute atomic E-state index is 0.159. The standard InChI is InChI=1S/C14H18N4O/c1-9-8-11(17(3)4)6-7-12(9)15-13-10(2)16-18(5)14(13)19/h6-8H,1-5H3. The summed E-state index contributed by atoms with van der Waals surface area (Å²) in [4.78, 5) is 18.4. The van der Waals surface area contributed by atoms with Gasteiger partial charge in [-0.1, -0.05) is 0 Å². The molecule has 1 heterocycles. The third kappa shape index (κ3) is 2.50. The van der Waals surface area contributed by atoms with Gasteiger partial charge in [-0.2, -0.15) is 5.10 Å². The van der Waals surface area contributed by atoms with E-state index in [2.05, 4.69) is 16.2 Å². The molecule has 0 unspecified atom stereocenters. The Hall–Kier alpha value is -2.17. The Labute approximate surface area is 113 Å². The largest absolute Gasteiger partial charge is 0.378 e. The molecule has 0 saturated heterocycles. The average Bonchev–Trinajstić information content (AvgIpc) is 2.58. The molecule has 1 aromatic rings. The molecule has 5 heteroatoms. The second-order valence-electron chi connectivity index (χ2n) is 4.84. The molecule has 1 aliphatic rings. The number of rotatable bonds is 2. The Morgan fingerprint density at radius 2 is 1.95 bits per heavy atom. The topological polar surface area (TPSA) is 48.3 Å². The minimum Gasteiger partial charge on any atom is -0.378 e. The average molecular weight is 258 g/mol. The first-order chi connectivity index (χ1) is 8.90. The van der Waals surface area contributed by atoms with E-state index in [9.17, 15) is 4.79 Å². The first kappa shape index (κ1) is 13.3. The van der Waals surface area contributed by atoms with Crippen molar-refractivity contribution in [1.82, 2.24) is 5.01 Å². The lowest BCUT2D eigenvalue weighted by Gasteiger charge is -2.13. The van der Waals surface area contributed by atoms with Gasteiger partial charge in [-0.3, -0.25) is 4.79 Å². The van der Waals surface area contributed by atoms with Crippen LogP contribution in [0.15, 0.2) is 28.3 Å². The zero-order chi connectivity index (χ0) is 14.2. The summed E-state index contributed by atoms with van der Waals surface area (Å²) in [5, 5.41) is 5.40.